The number of aromatic nitrogens is 3. The molecule has 0 bridgehead atoms. The van der Waals surface area contributed by atoms with Crippen molar-refractivity contribution in [1.82, 2.24) is 14.8 Å². The van der Waals surface area contributed by atoms with Gasteiger partial charge in [-0.05, 0) is 55.0 Å². The molecule has 2 heterocycles. The van der Waals surface area contributed by atoms with Crippen molar-refractivity contribution >= 4 is 11.6 Å². The molecule has 0 saturated heterocycles. The van der Waals surface area contributed by atoms with Crippen molar-refractivity contribution in [3.63, 3.8) is 0 Å². The molecule has 6 heteroatoms. The molecule has 0 aliphatic rings. The monoisotopic (exact) mass is 384 g/mol. The van der Waals surface area contributed by atoms with Crippen molar-refractivity contribution < 1.29 is 9.53 Å². The molecule has 0 saturated carbocycles. The highest BCUT2D eigenvalue weighted by atomic mass is 16.5. The normalized spacial score (nSPS) is 10.6. The van der Waals surface area contributed by atoms with E-state index in [4.69, 9.17) is 9.84 Å². The molecule has 6 nitrogen and oxygen atoms in total. The first kappa shape index (κ1) is 18.4. The van der Waals surface area contributed by atoms with Crippen LogP contribution in [0.2, 0.25) is 0 Å². The van der Waals surface area contributed by atoms with Crippen molar-refractivity contribution in [3.8, 4) is 22.7 Å². The summed E-state index contributed by atoms with van der Waals surface area (Å²) >= 11 is 0. The molecule has 0 radical (unpaired) electrons. The fraction of sp³-hybridized carbons (Fsp3) is 0.0870. The lowest BCUT2D eigenvalue weighted by atomic mass is 10.1. The molecule has 0 fully saturated rings. The number of hydrogen-bond donors (Lipinski definition) is 1. The first-order chi connectivity index (χ1) is 14.2. The second-order valence-electron chi connectivity index (χ2n) is 6.54. The maximum atomic E-state index is 13.1. The van der Waals surface area contributed by atoms with Gasteiger partial charge in [0.05, 0.1) is 30.2 Å². The maximum absolute atomic E-state index is 13.1. The van der Waals surface area contributed by atoms with Gasteiger partial charge in [0.15, 0.2) is 0 Å². The number of hydrogen-bond acceptors (Lipinski definition) is 4. The number of ether oxygens (including phenoxy) is 1. The van der Waals surface area contributed by atoms with Crippen LogP contribution in [0.15, 0.2) is 79.3 Å². The molecule has 2 aromatic carbocycles. The van der Waals surface area contributed by atoms with Crippen LogP contribution in [0.1, 0.15) is 15.9 Å². The van der Waals surface area contributed by atoms with Crippen LogP contribution in [0.5, 0.6) is 5.75 Å². The van der Waals surface area contributed by atoms with Crippen molar-refractivity contribution in [2.45, 2.75) is 6.92 Å². The molecule has 0 atom stereocenters. The summed E-state index contributed by atoms with van der Waals surface area (Å²) in [5.74, 6) is 0.502. The number of nitrogens with one attached hydrogen (secondary N) is 1. The van der Waals surface area contributed by atoms with Gasteiger partial charge in [0.25, 0.3) is 5.91 Å². The molecule has 0 spiro atoms. The van der Waals surface area contributed by atoms with E-state index in [1.54, 1.807) is 30.4 Å². The molecule has 0 aliphatic carbocycles. The Morgan fingerprint density at radius 3 is 2.48 bits per heavy atom. The molecule has 4 rings (SSSR count). The zero-order valence-electron chi connectivity index (χ0n) is 16.2. The molecule has 1 amide bonds. The summed E-state index contributed by atoms with van der Waals surface area (Å²) in [5.41, 5.74) is 4.38. The lowest BCUT2D eigenvalue weighted by Gasteiger charge is -2.08. The lowest BCUT2D eigenvalue weighted by Crippen LogP contribution is -2.13. The molecule has 29 heavy (non-hydrogen) atoms. The third kappa shape index (κ3) is 3.87. The Hall–Kier alpha value is -3.93. The maximum Gasteiger partial charge on any atom is 0.259 e. The fourth-order valence-corrected chi connectivity index (χ4v) is 3.00. The van der Waals surface area contributed by atoms with E-state index in [1.165, 1.54) is 0 Å². The second-order valence-corrected chi connectivity index (χ2v) is 6.54. The van der Waals surface area contributed by atoms with Gasteiger partial charge in [-0.2, -0.15) is 5.10 Å². The number of carbonyl (C=O) groups excluding carboxylic acids is 1. The van der Waals surface area contributed by atoms with Gasteiger partial charge in [-0.1, -0.05) is 18.2 Å². The Bertz CT molecular complexity index is 1140. The Labute approximate surface area is 168 Å². The van der Waals surface area contributed by atoms with E-state index in [2.05, 4.69) is 10.3 Å². The molecule has 0 unspecified atom stereocenters. The van der Waals surface area contributed by atoms with Crippen LogP contribution in [0.25, 0.3) is 16.9 Å². The van der Waals surface area contributed by atoms with E-state index in [0.717, 1.165) is 22.6 Å². The largest absolute Gasteiger partial charge is 0.497 e. The zero-order chi connectivity index (χ0) is 20.2. The van der Waals surface area contributed by atoms with Crippen LogP contribution < -0.4 is 10.1 Å². The van der Waals surface area contributed by atoms with E-state index in [-0.39, 0.29) is 5.91 Å². The van der Waals surface area contributed by atoms with Gasteiger partial charge in [0, 0.05) is 18.0 Å². The number of para-hydroxylation sites is 1. The SMILES string of the molecule is COc1ccc(-c2nn(-c3ccccc3)cc2C(=O)Nc2cnccc2C)cc1. The topological polar surface area (TPSA) is 69.0 Å². The van der Waals surface area contributed by atoms with Gasteiger partial charge in [0.2, 0.25) is 0 Å². The second kappa shape index (κ2) is 7.98. The summed E-state index contributed by atoms with van der Waals surface area (Å²) in [4.78, 5) is 17.2. The van der Waals surface area contributed by atoms with Gasteiger partial charge in [-0.3, -0.25) is 9.78 Å². The van der Waals surface area contributed by atoms with Crippen LogP contribution in [0.4, 0.5) is 5.69 Å². The van der Waals surface area contributed by atoms with E-state index in [9.17, 15) is 4.79 Å². The number of nitrogens with zero attached hydrogens (tertiary/aromatic N) is 3. The zero-order valence-corrected chi connectivity index (χ0v) is 16.2. The number of methoxy groups -OCH3 is 1. The summed E-state index contributed by atoms with van der Waals surface area (Å²) in [6.07, 6.45) is 5.08. The predicted octanol–water partition coefficient (Wildman–Crippen LogP) is 4.50. The average molecular weight is 384 g/mol. The van der Waals surface area contributed by atoms with E-state index in [0.29, 0.717) is 16.9 Å². The molecule has 2 aromatic heterocycles. The minimum absolute atomic E-state index is 0.242. The van der Waals surface area contributed by atoms with Crippen LogP contribution in [-0.2, 0) is 0 Å². The number of rotatable bonds is 5. The smallest absolute Gasteiger partial charge is 0.259 e. The van der Waals surface area contributed by atoms with Gasteiger partial charge in [-0.25, -0.2) is 4.68 Å². The fourth-order valence-electron chi connectivity index (χ4n) is 3.00. The standard InChI is InChI=1S/C23H20N4O2/c1-16-12-13-24-14-21(16)25-23(28)20-15-27(18-6-4-3-5-7-18)26-22(20)17-8-10-19(29-2)11-9-17/h3-15H,1-2H3,(H,25,28). The highest BCUT2D eigenvalue weighted by Crippen LogP contribution is 2.27. The van der Waals surface area contributed by atoms with Gasteiger partial charge >= 0.3 is 0 Å². The first-order valence-electron chi connectivity index (χ1n) is 9.17. The summed E-state index contributed by atoms with van der Waals surface area (Å²) < 4.78 is 6.95. The number of aryl methyl sites for hydroxylation is 1. The Morgan fingerprint density at radius 1 is 1.03 bits per heavy atom. The molecular weight excluding hydrogens is 364 g/mol. The molecular formula is C23H20N4O2. The van der Waals surface area contributed by atoms with Crippen molar-refractivity contribution in [2.24, 2.45) is 0 Å². The number of carbonyl (C=O) groups is 1. The Kier molecular flexibility index (Phi) is 5.07. The van der Waals surface area contributed by atoms with Crippen LogP contribution in [0.3, 0.4) is 0 Å². The Balaban J connectivity index is 1.77. The molecule has 4 aromatic rings. The quantitative estimate of drug-likeness (QED) is 0.550. The van der Waals surface area contributed by atoms with Crippen LogP contribution in [0, 0.1) is 6.92 Å². The van der Waals surface area contributed by atoms with Crippen molar-refractivity contribution in [3.05, 3.63) is 90.4 Å². The first-order valence-corrected chi connectivity index (χ1v) is 9.17. The van der Waals surface area contributed by atoms with E-state index < -0.39 is 0 Å². The summed E-state index contributed by atoms with van der Waals surface area (Å²) in [6.45, 7) is 1.93. The minimum Gasteiger partial charge on any atom is -0.497 e. The lowest BCUT2D eigenvalue weighted by molar-refractivity contribution is 0.102. The van der Waals surface area contributed by atoms with Gasteiger partial charge in [0.1, 0.15) is 11.4 Å². The number of benzene rings is 2. The van der Waals surface area contributed by atoms with Gasteiger partial charge in [-0.15, -0.1) is 0 Å². The number of amides is 1. The van der Waals surface area contributed by atoms with Gasteiger partial charge < -0.3 is 10.1 Å². The Morgan fingerprint density at radius 2 is 1.79 bits per heavy atom. The van der Waals surface area contributed by atoms with Crippen molar-refractivity contribution in [2.75, 3.05) is 12.4 Å². The highest BCUT2D eigenvalue weighted by Gasteiger charge is 2.19. The third-order valence-corrected chi connectivity index (χ3v) is 4.63. The van der Waals surface area contributed by atoms with Crippen LogP contribution in [-0.4, -0.2) is 27.8 Å². The number of anilines is 1. The van der Waals surface area contributed by atoms with E-state index >= 15 is 0 Å². The molecule has 1 N–H and O–H groups in total. The number of pyridine rings is 1. The molecule has 144 valence electrons. The minimum atomic E-state index is -0.242. The van der Waals surface area contributed by atoms with Crippen molar-refractivity contribution in [1.29, 1.82) is 0 Å². The predicted molar refractivity (Wildman–Crippen MR) is 112 cm³/mol. The molecule has 0 aliphatic heterocycles. The summed E-state index contributed by atoms with van der Waals surface area (Å²) in [7, 11) is 1.62. The summed E-state index contributed by atoms with van der Waals surface area (Å²) in [5, 5.41) is 7.64. The van der Waals surface area contributed by atoms with E-state index in [1.807, 2.05) is 67.6 Å². The summed E-state index contributed by atoms with van der Waals surface area (Å²) in [6, 6.07) is 19.0. The van der Waals surface area contributed by atoms with Crippen LogP contribution >= 0.6 is 0 Å². The average Bonchev–Trinajstić information content (AvgIpc) is 3.22. The third-order valence-electron chi connectivity index (χ3n) is 4.63. The highest BCUT2D eigenvalue weighted by molar-refractivity contribution is 6.08.